The molecule has 0 aliphatic carbocycles. The molecule has 0 radical (unpaired) electrons. The van der Waals surface area contributed by atoms with E-state index >= 15 is 0 Å². The molecule has 4 rings (SSSR count). The van der Waals surface area contributed by atoms with Crippen molar-refractivity contribution in [3.63, 3.8) is 0 Å². The minimum Gasteiger partial charge on any atom is -0.227 e. The Hall–Kier alpha value is -3.42. The third kappa shape index (κ3) is 4.37. The van der Waals surface area contributed by atoms with Crippen LogP contribution in [0.3, 0.4) is 0 Å². The number of rotatable bonds is 5. The zero-order valence-corrected chi connectivity index (χ0v) is 16.9. The Balaban J connectivity index is 1.65. The van der Waals surface area contributed by atoms with Crippen LogP contribution in [-0.4, -0.2) is 9.97 Å². The van der Waals surface area contributed by atoms with Crippen molar-refractivity contribution in [3.8, 4) is 28.5 Å². The maximum absolute atomic E-state index is 9.66. The van der Waals surface area contributed by atoms with Crippen LogP contribution in [0, 0.1) is 18.3 Å². The van der Waals surface area contributed by atoms with E-state index in [0.29, 0.717) is 22.1 Å². The van der Waals surface area contributed by atoms with Gasteiger partial charge in [-0.2, -0.15) is 5.26 Å². The minimum atomic E-state index is 0.529. The molecule has 4 heteroatoms. The van der Waals surface area contributed by atoms with Gasteiger partial charge in [-0.3, -0.25) is 0 Å². The molecule has 0 aliphatic rings. The Bertz CT molecular complexity index is 1150. The lowest BCUT2D eigenvalue weighted by Gasteiger charge is -2.10. The van der Waals surface area contributed by atoms with Crippen molar-refractivity contribution in [2.45, 2.75) is 17.8 Å². The van der Waals surface area contributed by atoms with E-state index in [2.05, 4.69) is 47.5 Å². The van der Waals surface area contributed by atoms with Crippen molar-refractivity contribution >= 4 is 11.8 Å². The van der Waals surface area contributed by atoms with E-state index in [4.69, 9.17) is 4.98 Å². The van der Waals surface area contributed by atoms with Gasteiger partial charge < -0.3 is 0 Å². The third-order valence-electron chi connectivity index (χ3n) is 4.66. The summed E-state index contributed by atoms with van der Waals surface area (Å²) >= 11 is 1.58. The monoisotopic (exact) mass is 393 g/mol. The lowest BCUT2D eigenvalue weighted by atomic mass is 10.0. The quantitative estimate of drug-likeness (QED) is 0.296. The van der Waals surface area contributed by atoms with Crippen LogP contribution in [-0.2, 0) is 5.75 Å². The van der Waals surface area contributed by atoms with Gasteiger partial charge in [0.15, 0.2) is 5.16 Å². The molecule has 0 atom stereocenters. The molecular weight excluding hydrogens is 374 g/mol. The number of nitriles is 1. The first kappa shape index (κ1) is 18.9. The smallest absolute Gasteiger partial charge is 0.188 e. The number of aromatic nitrogens is 2. The van der Waals surface area contributed by atoms with Crippen LogP contribution < -0.4 is 0 Å². The second-order valence-electron chi connectivity index (χ2n) is 6.64. The fraction of sp³-hybridized carbons (Fsp3) is 0.0800. The Kier molecular flexibility index (Phi) is 5.69. The Labute approximate surface area is 175 Å². The SMILES string of the molecule is Cc1nc(SCc2ccccc2)nc(-c2ccc(-c3ccccc3)cc2)c1C#N. The molecule has 0 amide bonds. The van der Waals surface area contributed by atoms with Crippen LogP contribution in [0.4, 0.5) is 0 Å². The Morgan fingerprint density at radius 3 is 2.00 bits per heavy atom. The first-order chi connectivity index (χ1) is 14.2. The van der Waals surface area contributed by atoms with E-state index in [-0.39, 0.29) is 0 Å². The van der Waals surface area contributed by atoms with Crippen molar-refractivity contribution in [1.82, 2.24) is 9.97 Å². The Morgan fingerprint density at radius 2 is 1.34 bits per heavy atom. The second kappa shape index (κ2) is 8.72. The maximum Gasteiger partial charge on any atom is 0.188 e. The topological polar surface area (TPSA) is 49.6 Å². The second-order valence-corrected chi connectivity index (χ2v) is 7.59. The molecule has 0 spiro atoms. The van der Waals surface area contributed by atoms with Gasteiger partial charge in [0.1, 0.15) is 6.07 Å². The maximum atomic E-state index is 9.66. The summed E-state index contributed by atoms with van der Waals surface area (Å²) in [5.41, 5.74) is 6.37. The molecule has 140 valence electrons. The number of thioether (sulfide) groups is 1. The van der Waals surface area contributed by atoms with Crippen LogP contribution in [0.15, 0.2) is 90.1 Å². The Morgan fingerprint density at radius 1 is 0.759 bits per heavy atom. The summed E-state index contributed by atoms with van der Waals surface area (Å²) in [7, 11) is 0. The van der Waals surface area contributed by atoms with E-state index in [1.54, 1.807) is 11.8 Å². The molecule has 0 fully saturated rings. The predicted molar refractivity (Wildman–Crippen MR) is 118 cm³/mol. The fourth-order valence-corrected chi connectivity index (χ4v) is 3.97. The molecule has 0 unspecified atom stereocenters. The van der Waals surface area contributed by atoms with Gasteiger partial charge in [-0.05, 0) is 23.6 Å². The van der Waals surface area contributed by atoms with Gasteiger partial charge in [0.2, 0.25) is 0 Å². The molecule has 0 aliphatic heterocycles. The van der Waals surface area contributed by atoms with E-state index < -0.39 is 0 Å². The van der Waals surface area contributed by atoms with Crippen molar-refractivity contribution in [1.29, 1.82) is 5.26 Å². The molecule has 0 bridgehead atoms. The highest BCUT2D eigenvalue weighted by atomic mass is 32.2. The minimum absolute atomic E-state index is 0.529. The summed E-state index contributed by atoms with van der Waals surface area (Å²) in [4.78, 5) is 9.26. The molecule has 29 heavy (non-hydrogen) atoms. The van der Waals surface area contributed by atoms with Crippen LogP contribution in [0.25, 0.3) is 22.4 Å². The van der Waals surface area contributed by atoms with Crippen LogP contribution in [0.5, 0.6) is 0 Å². The summed E-state index contributed by atoms with van der Waals surface area (Å²) in [6, 6.07) is 30.9. The zero-order valence-electron chi connectivity index (χ0n) is 16.0. The lowest BCUT2D eigenvalue weighted by Crippen LogP contribution is -2.00. The van der Waals surface area contributed by atoms with Gasteiger partial charge in [0, 0.05) is 11.3 Å². The molecule has 0 saturated carbocycles. The molecule has 3 nitrogen and oxygen atoms in total. The highest BCUT2D eigenvalue weighted by molar-refractivity contribution is 7.98. The number of benzene rings is 3. The standard InChI is InChI=1S/C25H19N3S/c1-18-23(16-26)24(28-25(27-18)29-17-19-8-4-2-5-9-19)22-14-12-21(13-15-22)20-10-6-3-7-11-20/h2-15H,17H2,1H3. The first-order valence-electron chi connectivity index (χ1n) is 9.36. The summed E-state index contributed by atoms with van der Waals surface area (Å²) in [5.74, 6) is 0.790. The summed E-state index contributed by atoms with van der Waals surface area (Å²) in [5, 5.41) is 10.3. The van der Waals surface area contributed by atoms with Crippen LogP contribution in [0.2, 0.25) is 0 Å². The average Bonchev–Trinajstić information content (AvgIpc) is 2.79. The van der Waals surface area contributed by atoms with Crippen molar-refractivity contribution < 1.29 is 0 Å². The molecule has 1 aromatic heterocycles. The van der Waals surface area contributed by atoms with E-state index in [1.165, 1.54) is 5.56 Å². The fourth-order valence-electron chi connectivity index (χ4n) is 3.13. The van der Waals surface area contributed by atoms with Gasteiger partial charge in [-0.1, -0.05) is 96.7 Å². The van der Waals surface area contributed by atoms with Gasteiger partial charge in [0.25, 0.3) is 0 Å². The van der Waals surface area contributed by atoms with Gasteiger partial charge >= 0.3 is 0 Å². The van der Waals surface area contributed by atoms with E-state index in [0.717, 1.165) is 22.4 Å². The van der Waals surface area contributed by atoms with Crippen LogP contribution in [0.1, 0.15) is 16.8 Å². The molecule has 3 aromatic carbocycles. The normalized spacial score (nSPS) is 10.5. The average molecular weight is 394 g/mol. The van der Waals surface area contributed by atoms with E-state index in [9.17, 15) is 5.26 Å². The molecule has 0 N–H and O–H groups in total. The largest absolute Gasteiger partial charge is 0.227 e. The van der Waals surface area contributed by atoms with Crippen LogP contribution >= 0.6 is 11.8 Å². The first-order valence-corrected chi connectivity index (χ1v) is 10.3. The zero-order chi connectivity index (χ0) is 20.1. The molecule has 1 heterocycles. The number of hydrogen-bond donors (Lipinski definition) is 0. The lowest BCUT2D eigenvalue weighted by molar-refractivity contribution is 0.930. The van der Waals surface area contributed by atoms with Crippen molar-refractivity contribution in [2.75, 3.05) is 0 Å². The number of nitrogens with zero attached hydrogens (tertiary/aromatic N) is 3. The van der Waals surface area contributed by atoms with E-state index in [1.807, 2.05) is 55.5 Å². The van der Waals surface area contributed by atoms with Crippen molar-refractivity contribution in [3.05, 3.63) is 102 Å². The van der Waals surface area contributed by atoms with Gasteiger partial charge in [-0.15, -0.1) is 0 Å². The molecule has 0 saturated heterocycles. The van der Waals surface area contributed by atoms with Gasteiger partial charge in [0.05, 0.1) is 17.0 Å². The summed E-state index contributed by atoms with van der Waals surface area (Å²) in [6.45, 7) is 1.87. The summed E-state index contributed by atoms with van der Waals surface area (Å²) < 4.78 is 0. The van der Waals surface area contributed by atoms with Gasteiger partial charge in [-0.25, -0.2) is 9.97 Å². The molecule has 4 aromatic rings. The predicted octanol–water partition coefficient (Wildman–Crippen LogP) is 6.28. The third-order valence-corrected chi connectivity index (χ3v) is 5.58. The number of hydrogen-bond acceptors (Lipinski definition) is 4. The highest BCUT2D eigenvalue weighted by Gasteiger charge is 2.14. The number of aryl methyl sites for hydroxylation is 1. The van der Waals surface area contributed by atoms with Crippen molar-refractivity contribution in [2.24, 2.45) is 0 Å². The highest BCUT2D eigenvalue weighted by Crippen LogP contribution is 2.29. The summed E-state index contributed by atoms with van der Waals surface area (Å²) in [6.07, 6.45) is 0. The molecular formula is C25H19N3S.